The number of H-pyrrole nitrogens is 1. The minimum atomic E-state index is -0.264. The van der Waals surface area contributed by atoms with Gasteiger partial charge in [-0.3, -0.25) is 4.79 Å². The van der Waals surface area contributed by atoms with Crippen LogP contribution in [0.4, 0.5) is 0 Å². The third kappa shape index (κ3) is 1.46. The molecule has 66 valence electrons. The van der Waals surface area contributed by atoms with E-state index in [9.17, 15) is 4.79 Å². The summed E-state index contributed by atoms with van der Waals surface area (Å²) < 4.78 is 4.84. The van der Waals surface area contributed by atoms with Gasteiger partial charge in [-0.05, 0) is 13.0 Å². The van der Waals surface area contributed by atoms with Gasteiger partial charge in [0.2, 0.25) is 0 Å². The number of aromatic amines is 1. The highest BCUT2D eigenvalue weighted by molar-refractivity contribution is 5.44. The summed E-state index contributed by atoms with van der Waals surface area (Å²) in [7, 11) is 0. The molecule has 0 saturated carbocycles. The molecule has 0 bridgehead atoms. The lowest BCUT2D eigenvalue weighted by Crippen LogP contribution is -2.05. The number of nitrogens with one attached hydrogen (secondary N) is 1. The van der Waals surface area contributed by atoms with E-state index in [1.807, 2.05) is 0 Å². The number of aromatic nitrogens is 4. The van der Waals surface area contributed by atoms with Crippen LogP contribution >= 0.6 is 0 Å². The van der Waals surface area contributed by atoms with Gasteiger partial charge in [-0.25, -0.2) is 5.10 Å². The summed E-state index contributed by atoms with van der Waals surface area (Å²) in [6.07, 6.45) is 0. The maximum Gasteiger partial charge on any atom is 0.278 e. The third-order valence-electron chi connectivity index (χ3n) is 1.43. The summed E-state index contributed by atoms with van der Waals surface area (Å²) in [6, 6.07) is 2.87. The largest absolute Gasteiger partial charge is 0.332 e. The quantitative estimate of drug-likeness (QED) is 0.670. The van der Waals surface area contributed by atoms with Crippen molar-refractivity contribution in [2.75, 3.05) is 0 Å². The van der Waals surface area contributed by atoms with Crippen molar-refractivity contribution in [1.82, 2.24) is 20.3 Å². The van der Waals surface area contributed by atoms with Crippen LogP contribution in [0.1, 0.15) is 5.82 Å². The van der Waals surface area contributed by atoms with E-state index < -0.39 is 0 Å². The van der Waals surface area contributed by atoms with Crippen LogP contribution in [0.5, 0.6) is 0 Å². The maximum atomic E-state index is 10.7. The molecular formula is C7H6N4O2. The Bertz CT molecular complexity index is 453. The average Bonchev–Trinajstić information content (AvgIpc) is 2.53. The van der Waals surface area contributed by atoms with Crippen LogP contribution in [0.3, 0.4) is 0 Å². The van der Waals surface area contributed by atoms with E-state index in [1.165, 1.54) is 12.1 Å². The molecule has 0 saturated heterocycles. The molecule has 2 heterocycles. The maximum absolute atomic E-state index is 10.7. The molecular weight excluding hydrogens is 172 g/mol. The van der Waals surface area contributed by atoms with E-state index in [0.29, 0.717) is 17.4 Å². The van der Waals surface area contributed by atoms with Gasteiger partial charge in [0, 0.05) is 6.07 Å². The predicted molar refractivity (Wildman–Crippen MR) is 42.9 cm³/mol. The van der Waals surface area contributed by atoms with E-state index >= 15 is 0 Å². The van der Waals surface area contributed by atoms with E-state index in [-0.39, 0.29) is 5.56 Å². The standard InChI is InChI=1S/C7H6N4O2/c1-4-8-7(13-11-4)5-2-3-6(12)10-9-5/h2-3H,1H3,(H,10,12). The van der Waals surface area contributed by atoms with Crippen molar-refractivity contribution in [3.63, 3.8) is 0 Å². The second-order valence-electron chi connectivity index (χ2n) is 2.45. The SMILES string of the molecule is Cc1noc(-c2ccc(=O)[nH]n2)n1. The average molecular weight is 178 g/mol. The zero-order valence-electron chi connectivity index (χ0n) is 6.81. The highest BCUT2D eigenvalue weighted by Crippen LogP contribution is 2.10. The number of hydrogen-bond donors (Lipinski definition) is 1. The minimum absolute atomic E-state index is 0.264. The number of nitrogens with zero attached hydrogens (tertiary/aromatic N) is 3. The van der Waals surface area contributed by atoms with E-state index in [4.69, 9.17) is 4.52 Å². The molecule has 2 rings (SSSR count). The van der Waals surface area contributed by atoms with Gasteiger partial charge in [-0.2, -0.15) is 10.1 Å². The topological polar surface area (TPSA) is 84.7 Å². The van der Waals surface area contributed by atoms with Gasteiger partial charge < -0.3 is 4.52 Å². The molecule has 0 radical (unpaired) electrons. The Kier molecular flexibility index (Phi) is 1.66. The van der Waals surface area contributed by atoms with Crippen LogP contribution in [0, 0.1) is 6.92 Å². The molecule has 0 unspecified atom stereocenters. The molecule has 0 atom stereocenters. The minimum Gasteiger partial charge on any atom is -0.332 e. The lowest BCUT2D eigenvalue weighted by Gasteiger charge is -1.88. The highest BCUT2D eigenvalue weighted by atomic mass is 16.5. The van der Waals surface area contributed by atoms with Crippen LogP contribution in [0.15, 0.2) is 21.5 Å². The summed E-state index contributed by atoms with van der Waals surface area (Å²) in [5, 5.41) is 9.60. The molecule has 0 spiro atoms. The number of aryl methyl sites for hydroxylation is 1. The monoisotopic (exact) mass is 178 g/mol. The first-order valence-corrected chi connectivity index (χ1v) is 3.62. The Labute approximate surface area is 72.6 Å². The first kappa shape index (κ1) is 7.66. The highest BCUT2D eigenvalue weighted by Gasteiger charge is 2.06. The fraction of sp³-hybridized carbons (Fsp3) is 0.143. The van der Waals surface area contributed by atoms with Gasteiger partial charge >= 0.3 is 0 Å². The summed E-state index contributed by atoms with van der Waals surface area (Å²) in [6.45, 7) is 1.71. The summed E-state index contributed by atoms with van der Waals surface area (Å²) in [5.74, 6) is 0.830. The Morgan fingerprint density at radius 1 is 1.46 bits per heavy atom. The Balaban J connectivity index is 2.47. The molecule has 0 aliphatic heterocycles. The summed E-state index contributed by atoms with van der Waals surface area (Å²) in [4.78, 5) is 14.6. The fourth-order valence-corrected chi connectivity index (χ4v) is 0.865. The zero-order chi connectivity index (χ0) is 9.26. The summed E-state index contributed by atoms with van der Waals surface area (Å²) >= 11 is 0. The van der Waals surface area contributed by atoms with Gasteiger partial charge in [0.05, 0.1) is 0 Å². The molecule has 0 fully saturated rings. The van der Waals surface area contributed by atoms with Gasteiger partial charge in [0.15, 0.2) is 5.82 Å². The van der Waals surface area contributed by atoms with E-state index in [0.717, 1.165) is 0 Å². The molecule has 0 aliphatic rings. The van der Waals surface area contributed by atoms with Crippen LogP contribution in [-0.4, -0.2) is 20.3 Å². The third-order valence-corrected chi connectivity index (χ3v) is 1.43. The fourth-order valence-electron chi connectivity index (χ4n) is 0.865. The Morgan fingerprint density at radius 3 is 2.85 bits per heavy atom. The van der Waals surface area contributed by atoms with Crippen molar-refractivity contribution in [3.8, 4) is 11.6 Å². The van der Waals surface area contributed by atoms with Crippen molar-refractivity contribution in [3.05, 3.63) is 28.3 Å². The lowest BCUT2D eigenvalue weighted by molar-refractivity contribution is 0.424. The lowest BCUT2D eigenvalue weighted by atomic mass is 10.4. The normalized spacial score (nSPS) is 10.2. The molecule has 0 aromatic carbocycles. The Morgan fingerprint density at radius 2 is 2.31 bits per heavy atom. The van der Waals surface area contributed by atoms with Gasteiger partial charge in [0.25, 0.3) is 11.4 Å². The van der Waals surface area contributed by atoms with Crippen molar-refractivity contribution < 1.29 is 4.52 Å². The molecule has 13 heavy (non-hydrogen) atoms. The number of hydrogen-bond acceptors (Lipinski definition) is 5. The molecule has 2 aromatic rings. The van der Waals surface area contributed by atoms with Gasteiger partial charge in [0.1, 0.15) is 5.69 Å². The molecule has 2 aromatic heterocycles. The first-order valence-electron chi connectivity index (χ1n) is 3.62. The second-order valence-corrected chi connectivity index (χ2v) is 2.45. The van der Waals surface area contributed by atoms with E-state index in [2.05, 4.69) is 20.3 Å². The van der Waals surface area contributed by atoms with Crippen LogP contribution < -0.4 is 5.56 Å². The molecule has 6 nitrogen and oxygen atoms in total. The van der Waals surface area contributed by atoms with Crippen molar-refractivity contribution in [1.29, 1.82) is 0 Å². The molecule has 6 heteroatoms. The number of rotatable bonds is 1. The Hall–Kier alpha value is -1.98. The van der Waals surface area contributed by atoms with E-state index in [1.54, 1.807) is 6.92 Å². The van der Waals surface area contributed by atoms with Crippen molar-refractivity contribution >= 4 is 0 Å². The summed E-state index contributed by atoms with van der Waals surface area (Å²) in [5.41, 5.74) is 0.195. The smallest absolute Gasteiger partial charge is 0.278 e. The molecule has 0 amide bonds. The first-order chi connectivity index (χ1) is 6.25. The van der Waals surface area contributed by atoms with Gasteiger partial charge in [-0.15, -0.1) is 0 Å². The van der Waals surface area contributed by atoms with Crippen LogP contribution in [0.25, 0.3) is 11.6 Å². The van der Waals surface area contributed by atoms with Crippen molar-refractivity contribution in [2.45, 2.75) is 6.92 Å². The van der Waals surface area contributed by atoms with Gasteiger partial charge in [-0.1, -0.05) is 5.16 Å². The van der Waals surface area contributed by atoms with Crippen molar-refractivity contribution in [2.24, 2.45) is 0 Å². The van der Waals surface area contributed by atoms with Crippen LogP contribution in [-0.2, 0) is 0 Å². The molecule has 0 aliphatic carbocycles. The zero-order valence-corrected chi connectivity index (χ0v) is 6.81. The second kappa shape index (κ2) is 2.81. The van der Waals surface area contributed by atoms with Crippen LogP contribution in [0.2, 0.25) is 0 Å². The molecule has 1 N–H and O–H groups in total. The predicted octanol–water partition coefficient (Wildman–Crippen LogP) is 0.128.